The fraction of sp³-hybridized carbons (Fsp3) is 0.500. The number of hydrogen-bond acceptors (Lipinski definition) is 4. The summed E-state index contributed by atoms with van der Waals surface area (Å²) in [5.74, 6) is 0. The highest BCUT2D eigenvalue weighted by Crippen LogP contribution is 2.21. The molecule has 90 valence electrons. The maximum atomic E-state index is 9.21. The van der Waals surface area contributed by atoms with Gasteiger partial charge in [0, 0.05) is 22.7 Å². The number of nitrogens with two attached hydrogens (primary N) is 1. The number of aliphatic hydroxyl groups is 1. The number of thioether (sulfide) groups is 1. The highest BCUT2D eigenvalue weighted by molar-refractivity contribution is 7.99. The van der Waals surface area contributed by atoms with Crippen molar-refractivity contribution in [2.45, 2.75) is 25.1 Å². The van der Waals surface area contributed by atoms with Crippen molar-refractivity contribution in [3.8, 4) is 0 Å². The van der Waals surface area contributed by atoms with E-state index in [9.17, 15) is 5.11 Å². The first-order chi connectivity index (χ1) is 7.58. The maximum Gasteiger partial charge on any atom is 0.0569 e. The van der Waals surface area contributed by atoms with Gasteiger partial charge in [-0.15, -0.1) is 0 Å². The molecule has 0 saturated carbocycles. The van der Waals surface area contributed by atoms with Gasteiger partial charge in [0.05, 0.1) is 6.61 Å². The van der Waals surface area contributed by atoms with E-state index in [2.05, 4.69) is 12.2 Å². The molecule has 4 heteroatoms. The molecule has 0 bridgehead atoms. The number of hydrogen-bond donors (Lipinski definition) is 3. The Hall–Kier alpha value is -0.870. The van der Waals surface area contributed by atoms with E-state index in [-0.39, 0.29) is 17.9 Å². The number of rotatable bonds is 5. The van der Waals surface area contributed by atoms with Crippen LogP contribution in [-0.4, -0.2) is 29.3 Å². The molecule has 0 aliphatic carbocycles. The van der Waals surface area contributed by atoms with Crippen LogP contribution in [0.3, 0.4) is 0 Å². The summed E-state index contributed by atoms with van der Waals surface area (Å²) >= 11 is 1.66. The van der Waals surface area contributed by atoms with E-state index in [1.165, 1.54) is 5.56 Å². The Morgan fingerprint density at radius 3 is 2.75 bits per heavy atom. The summed E-state index contributed by atoms with van der Waals surface area (Å²) in [6, 6.07) is 6.03. The molecule has 2 unspecified atom stereocenters. The highest BCUT2D eigenvalue weighted by Gasteiger charge is 2.15. The van der Waals surface area contributed by atoms with Gasteiger partial charge in [0.1, 0.15) is 0 Å². The van der Waals surface area contributed by atoms with Crippen molar-refractivity contribution in [3.05, 3.63) is 23.8 Å². The molecule has 1 aromatic carbocycles. The second-order valence-electron chi connectivity index (χ2n) is 3.96. The van der Waals surface area contributed by atoms with Gasteiger partial charge in [-0.2, -0.15) is 11.8 Å². The largest absolute Gasteiger partial charge is 0.399 e. The Morgan fingerprint density at radius 2 is 2.19 bits per heavy atom. The number of anilines is 2. The first-order valence-electron chi connectivity index (χ1n) is 5.34. The van der Waals surface area contributed by atoms with Crippen LogP contribution in [0.25, 0.3) is 0 Å². The lowest BCUT2D eigenvalue weighted by Crippen LogP contribution is -2.31. The summed E-state index contributed by atoms with van der Waals surface area (Å²) in [7, 11) is 0. The summed E-state index contributed by atoms with van der Waals surface area (Å²) in [6.07, 6.45) is 2.01. The first kappa shape index (κ1) is 13.2. The molecule has 1 rings (SSSR count). The smallest absolute Gasteiger partial charge is 0.0569 e. The van der Waals surface area contributed by atoms with Crippen molar-refractivity contribution >= 4 is 23.1 Å². The van der Waals surface area contributed by atoms with Crippen LogP contribution < -0.4 is 11.1 Å². The standard InChI is InChI=1S/C12H20N2OS/c1-8-4-5-10(13)6-11(8)14-9(2)12(7-15)16-3/h4-6,9,12,14-15H,7,13H2,1-3H3. The zero-order chi connectivity index (χ0) is 12.1. The van der Waals surface area contributed by atoms with Gasteiger partial charge in [-0.3, -0.25) is 0 Å². The van der Waals surface area contributed by atoms with Crippen molar-refractivity contribution < 1.29 is 5.11 Å². The fourth-order valence-electron chi connectivity index (χ4n) is 1.57. The molecule has 0 aromatic heterocycles. The summed E-state index contributed by atoms with van der Waals surface area (Å²) in [6.45, 7) is 4.29. The van der Waals surface area contributed by atoms with Crippen LogP contribution in [0.15, 0.2) is 18.2 Å². The SMILES string of the molecule is CSC(CO)C(C)Nc1cc(N)ccc1C. The first-order valence-corrected chi connectivity index (χ1v) is 6.63. The van der Waals surface area contributed by atoms with Crippen LogP contribution in [0.4, 0.5) is 11.4 Å². The van der Waals surface area contributed by atoms with Crippen LogP contribution in [0.1, 0.15) is 12.5 Å². The maximum absolute atomic E-state index is 9.21. The zero-order valence-electron chi connectivity index (χ0n) is 10.0. The van der Waals surface area contributed by atoms with Gasteiger partial charge in [-0.1, -0.05) is 6.07 Å². The predicted octanol–water partition coefficient (Wildman–Crippen LogP) is 2.10. The summed E-state index contributed by atoms with van der Waals surface area (Å²) in [4.78, 5) is 0. The van der Waals surface area contributed by atoms with E-state index in [0.29, 0.717) is 0 Å². The Balaban J connectivity index is 2.75. The van der Waals surface area contributed by atoms with E-state index in [1.807, 2.05) is 31.4 Å². The summed E-state index contributed by atoms with van der Waals surface area (Å²) in [5.41, 5.74) is 8.71. The minimum atomic E-state index is 0.177. The molecule has 0 saturated heterocycles. The van der Waals surface area contributed by atoms with Crippen molar-refractivity contribution in [1.29, 1.82) is 0 Å². The quantitative estimate of drug-likeness (QED) is 0.690. The molecule has 0 amide bonds. The van der Waals surface area contributed by atoms with Gasteiger partial charge in [0.2, 0.25) is 0 Å². The molecule has 4 N–H and O–H groups in total. The van der Waals surface area contributed by atoms with Gasteiger partial charge in [-0.05, 0) is 37.8 Å². The third kappa shape index (κ3) is 3.32. The van der Waals surface area contributed by atoms with Crippen LogP contribution in [0, 0.1) is 6.92 Å². The summed E-state index contributed by atoms with van der Waals surface area (Å²) in [5, 5.41) is 12.8. The minimum absolute atomic E-state index is 0.177. The second-order valence-corrected chi connectivity index (χ2v) is 5.04. The van der Waals surface area contributed by atoms with E-state index >= 15 is 0 Å². The number of aliphatic hydroxyl groups excluding tert-OH is 1. The lowest BCUT2D eigenvalue weighted by Gasteiger charge is -2.23. The second kappa shape index (κ2) is 6.01. The van der Waals surface area contributed by atoms with Crippen LogP contribution >= 0.6 is 11.8 Å². The van der Waals surface area contributed by atoms with Gasteiger partial charge in [0.25, 0.3) is 0 Å². The molecule has 2 atom stereocenters. The Morgan fingerprint density at radius 1 is 1.50 bits per heavy atom. The van der Waals surface area contributed by atoms with Gasteiger partial charge >= 0.3 is 0 Å². The molecular formula is C12H20N2OS. The number of nitrogen functional groups attached to an aromatic ring is 1. The molecule has 0 spiro atoms. The monoisotopic (exact) mass is 240 g/mol. The van der Waals surface area contributed by atoms with Crippen molar-refractivity contribution in [3.63, 3.8) is 0 Å². The lowest BCUT2D eigenvalue weighted by molar-refractivity contribution is 0.288. The van der Waals surface area contributed by atoms with Crippen LogP contribution in [0.2, 0.25) is 0 Å². The normalized spacial score (nSPS) is 14.5. The molecule has 0 fully saturated rings. The lowest BCUT2D eigenvalue weighted by atomic mass is 10.1. The van der Waals surface area contributed by atoms with Crippen molar-refractivity contribution in [2.75, 3.05) is 23.9 Å². The molecule has 1 aromatic rings. The van der Waals surface area contributed by atoms with Gasteiger partial charge in [-0.25, -0.2) is 0 Å². The van der Waals surface area contributed by atoms with E-state index in [1.54, 1.807) is 11.8 Å². The third-order valence-electron chi connectivity index (χ3n) is 2.69. The average Bonchev–Trinajstić information content (AvgIpc) is 2.25. The van der Waals surface area contributed by atoms with Crippen LogP contribution in [0.5, 0.6) is 0 Å². The van der Waals surface area contributed by atoms with Crippen molar-refractivity contribution in [1.82, 2.24) is 0 Å². The fourth-order valence-corrected chi connectivity index (χ4v) is 2.20. The topological polar surface area (TPSA) is 58.3 Å². The Bertz CT molecular complexity index is 340. The van der Waals surface area contributed by atoms with Crippen molar-refractivity contribution in [2.24, 2.45) is 0 Å². The van der Waals surface area contributed by atoms with E-state index in [4.69, 9.17) is 5.73 Å². The van der Waals surface area contributed by atoms with Crippen LogP contribution in [-0.2, 0) is 0 Å². The molecular weight excluding hydrogens is 220 g/mol. The number of nitrogens with one attached hydrogen (secondary N) is 1. The van der Waals surface area contributed by atoms with Gasteiger partial charge in [0.15, 0.2) is 0 Å². The summed E-state index contributed by atoms with van der Waals surface area (Å²) < 4.78 is 0. The Labute approximate surface area is 101 Å². The molecule has 0 radical (unpaired) electrons. The predicted molar refractivity (Wildman–Crippen MR) is 73.1 cm³/mol. The average molecular weight is 240 g/mol. The molecule has 0 aliphatic rings. The molecule has 0 heterocycles. The molecule has 16 heavy (non-hydrogen) atoms. The minimum Gasteiger partial charge on any atom is -0.399 e. The number of benzene rings is 1. The number of aryl methyl sites for hydroxylation is 1. The van der Waals surface area contributed by atoms with E-state index in [0.717, 1.165) is 11.4 Å². The zero-order valence-corrected chi connectivity index (χ0v) is 10.8. The third-order valence-corrected chi connectivity index (χ3v) is 3.85. The van der Waals surface area contributed by atoms with Gasteiger partial charge < -0.3 is 16.2 Å². The molecule has 3 nitrogen and oxygen atoms in total. The Kier molecular flexibility index (Phi) is 4.96. The molecule has 0 aliphatic heterocycles. The highest BCUT2D eigenvalue weighted by atomic mass is 32.2. The van der Waals surface area contributed by atoms with E-state index < -0.39 is 0 Å².